The third kappa shape index (κ3) is 4.37. The van der Waals surface area contributed by atoms with Crippen molar-refractivity contribution in [2.24, 2.45) is 5.73 Å². The molecule has 2 rings (SSSR count). The molecule has 0 bridgehead atoms. The number of halogens is 1. The number of carbonyl (C=O) groups excluding carboxylic acids is 2. The SMILES string of the molecule is COc1cc(/C=C(\C#N)C(N)=O)ccc1OC(=O)c1ccccc1Cl. The number of benzene rings is 2. The molecule has 0 saturated heterocycles. The fourth-order valence-electron chi connectivity index (χ4n) is 1.97. The maximum absolute atomic E-state index is 12.2. The van der Waals surface area contributed by atoms with Gasteiger partial charge in [0.25, 0.3) is 5.91 Å². The minimum absolute atomic E-state index is 0.169. The van der Waals surface area contributed by atoms with Crippen molar-refractivity contribution in [3.05, 3.63) is 64.2 Å². The second-order valence-corrected chi connectivity index (χ2v) is 5.22. The molecule has 0 aliphatic heterocycles. The molecule has 6 nitrogen and oxygen atoms in total. The number of primary amides is 1. The summed E-state index contributed by atoms with van der Waals surface area (Å²) in [5, 5.41) is 9.15. The van der Waals surface area contributed by atoms with Crippen molar-refractivity contribution in [3.8, 4) is 17.6 Å². The van der Waals surface area contributed by atoms with Crippen LogP contribution >= 0.6 is 11.6 Å². The average molecular weight is 357 g/mol. The molecule has 0 atom stereocenters. The smallest absolute Gasteiger partial charge is 0.345 e. The van der Waals surface area contributed by atoms with Gasteiger partial charge >= 0.3 is 5.97 Å². The minimum atomic E-state index is -0.837. The largest absolute Gasteiger partial charge is 0.493 e. The summed E-state index contributed by atoms with van der Waals surface area (Å²) in [7, 11) is 1.40. The highest BCUT2D eigenvalue weighted by Gasteiger charge is 2.15. The van der Waals surface area contributed by atoms with E-state index in [9.17, 15) is 9.59 Å². The van der Waals surface area contributed by atoms with Gasteiger partial charge < -0.3 is 15.2 Å². The maximum Gasteiger partial charge on any atom is 0.345 e. The van der Waals surface area contributed by atoms with Crippen LogP contribution in [-0.4, -0.2) is 19.0 Å². The third-order valence-corrected chi connectivity index (χ3v) is 3.51. The Balaban J connectivity index is 2.31. The van der Waals surface area contributed by atoms with Gasteiger partial charge in [0.05, 0.1) is 17.7 Å². The number of ether oxygens (including phenoxy) is 2. The number of methoxy groups -OCH3 is 1. The van der Waals surface area contributed by atoms with E-state index in [4.69, 9.17) is 32.1 Å². The highest BCUT2D eigenvalue weighted by atomic mass is 35.5. The van der Waals surface area contributed by atoms with E-state index in [-0.39, 0.29) is 27.7 Å². The molecule has 0 aliphatic carbocycles. The van der Waals surface area contributed by atoms with Gasteiger partial charge in [0, 0.05) is 0 Å². The summed E-state index contributed by atoms with van der Waals surface area (Å²) in [6.07, 6.45) is 1.31. The van der Waals surface area contributed by atoms with Gasteiger partial charge in [-0.15, -0.1) is 0 Å². The number of nitrogens with two attached hydrogens (primary N) is 1. The molecule has 2 aromatic carbocycles. The number of esters is 1. The van der Waals surface area contributed by atoms with Crippen LogP contribution < -0.4 is 15.2 Å². The molecule has 0 aromatic heterocycles. The van der Waals surface area contributed by atoms with Crippen molar-refractivity contribution in [2.45, 2.75) is 0 Å². The predicted octanol–water partition coefficient (Wildman–Crippen LogP) is 2.96. The Bertz CT molecular complexity index is 900. The molecule has 2 aromatic rings. The molecule has 0 radical (unpaired) electrons. The van der Waals surface area contributed by atoms with Crippen molar-refractivity contribution in [1.82, 2.24) is 0 Å². The summed E-state index contributed by atoms with van der Waals surface area (Å²) >= 11 is 5.97. The van der Waals surface area contributed by atoms with Gasteiger partial charge in [0.1, 0.15) is 11.6 Å². The van der Waals surface area contributed by atoms with Crippen LogP contribution in [0.25, 0.3) is 6.08 Å². The van der Waals surface area contributed by atoms with Gasteiger partial charge in [-0.3, -0.25) is 4.79 Å². The zero-order valence-electron chi connectivity index (χ0n) is 13.2. The number of carbonyl (C=O) groups is 2. The molecular formula is C18H13ClN2O4. The molecule has 0 saturated carbocycles. The quantitative estimate of drug-likeness (QED) is 0.384. The zero-order chi connectivity index (χ0) is 18.4. The van der Waals surface area contributed by atoms with Crippen LogP contribution in [0.4, 0.5) is 0 Å². The Morgan fingerprint density at radius 2 is 1.92 bits per heavy atom. The van der Waals surface area contributed by atoms with Crippen LogP contribution in [0.15, 0.2) is 48.0 Å². The monoisotopic (exact) mass is 356 g/mol. The second kappa shape index (κ2) is 7.99. The number of nitrogens with zero attached hydrogens (tertiary/aromatic N) is 1. The van der Waals surface area contributed by atoms with Crippen LogP contribution in [0.1, 0.15) is 15.9 Å². The van der Waals surface area contributed by atoms with E-state index < -0.39 is 11.9 Å². The number of amides is 1. The van der Waals surface area contributed by atoms with E-state index in [1.807, 2.05) is 0 Å². The molecule has 0 aliphatic rings. The van der Waals surface area contributed by atoms with Crippen molar-refractivity contribution in [2.75, 3.05) is 7.11 Å². The summed E-state index contributed by atoms with van der Waals surface area (Å²) < 4.78 is 10.5. The van der Waals surface area contributed by atoms with Gasteiger partial charge in [0.15, 0.2) is 11.5 Å². The van der Waals surface area contributed by atoms with Crippen LogP contribution in [0.3, 0.4) is 0 Å². The van der Waals surface area contributed by atoms with Gasteiger partial charge in [-0.2, -0.15) is 5.26 Å². The van der Waals surface area contributed by atoms with Crippen LogP contribution in [0, 0.1) is 11.3 Å². The average Bonchev–Trinajstić information content (AvgIpc) is 2.60. The molecule has 126 valence electrons. The first-order valence-electron chi connectivity index (χ1n) is 7.02. The summed E-state index contributed by atoms with van der Waals surface area (Å²) in [5.41, 5.74) is 5.60. The molecule has 1 amide bonds. The van der Waals surface area contributed by atoms with E-state index in [1.54, 1.807) is 36.4 Å². The van der Waals surface area contributed by atoms with E-state index in [1.165, 1.54) is 25.3 Å². The topological polar surface area (TPSA) is 102 Å². The number of rotatable bonds is 5. The lowest BCUT2D eigenvalue weighted by molar-refractivity contribution is -0.114. The predicted molar refractivity (Wildman–Crippen MR) is 92.2 cm³/mol. The molecule has 0 spiro atoms. The lowest BCUT2D eigenvalue weighted by Gasteiger charge is -2.10. The normalized spacial score (nSPS) is 10.7. The molecule has 7 heteroatoms. The molecule has 2 N–H and O–H groups in total. The lowest BCUT2D eigenvalue weighted by Crippen LogP contribution is -2.12. The summed E-state index contributed by atoms with van der Waals surface area (Å²) in [4.78, 5) is 23.3. The number of nitriles is 1. The fraction of sp³-hybridized carbons (Fsp3) is 0.0556. The Kier molecular flexibility index (Phi) is 5.77. The van der Waals surface area contributed by atoms with E-state index in [0.29, 0.717) is 5.56 Å². The third-order valence-electron chi connectivity index (χ3n) is 3.18. The molecular weight excluding hydrogens is 344 g/mol. The highest BCUT2D eigenvalue weighted by molar-refractivity contribution is 6.33. The molecule has 25 heavy (non-hydrogen) atoms. The second-order valence-electron chi connectivity index (χ2n) is 4.81. The lowest BCUT2D eigenvalue weighted by atomic mass is 10.1. The Morgan fingerprint density at radius 3 is 2.52 bits per heavy atom. The standard InChI is InChI=1S/C18H13ClN2O4/c1-24-16-9-11(8-12(10-20)17(21)22)6-7-15(16)25-18(23)13-4-2-3-5-14(13)19/h2-9H,1H3,(H2,21,22)/b12-8+. The molecule has 0 heterocycles. The zero-order valence-corrected chi connectivity index (χ0v) is 13.9. The van der Waals surface area contributed by atoms with E-state index >= 15 is 0 Å². The number of hydrogen-bond acceptors (Lipinski definition) is 5. The number of hydrogen-bond donors (Lipinski definition) is 1. The van der Waals surface area contributed by atoms with Gasteiger partial charge in [-0.25, -0.2) is 4.79 Å². The Hall–Kier alpha value is -3.30. The van der Waals surface area contributed by atoms with Crippen molar-refractivity contribution in [1.29, 1.82) is 5.26 Å². The highest BCUT2D eigenvalue weighted by Crippen LogP contribution is 2.30. The maximum atomic E-state index is 12.2. The summed E-state index contributed by atoms with van der Waals surface area (Å²) in [6, 6.07) is 12.7. The summed E-state index contributed by atoms with van der Waals surface area (Å²) in [6.45, 7) is 0. The Morgan fingerprint density at radius 1 is 1.20 bits per heavy atom. The minimum Gasteiger partial charge on any atom is -0.493 e. The first kappa shape index (κ1) is 18.0. The summed E-state index contributed by atoms with van der Waals surface area (Å²) in [5.74, 6) is -1.06. The van der Waals surface area contributed by atoms with Gasteiger partial charge in [0.2, 0.25) is 0 Å². The fourth-order valence-corrected chi connectivity index (χ4v) is 2.18. The van der Waals surface area contributed by atoms with Crippen LogP contribution in [0.5, 0.6) is 11.5 Å². The van der Waals surface area contributed by atoms with Gasteiger partial charge in [-0.1, -0.05) is 29.8 Å². The first-order chi connectivity index (χ1) is 12.0. The molecule has 0 fully saturated rings. The van der Waals surface area contributed by atoms with Crippen LogP contribution in [0.2, 0.25) is 5.02 Å². The first-order valence-corrected chi connectivity index (χ1v) is 7.40. The Labute approximate surface area is 149 Å². The van der Waals surface area contributed by atoms with E-state index in [2.05, 4.69) is 0 Å². The van der Waals surface area contributed by atoms with Crippen molar-refractivity contribution in [3.63, 3.8) is 0 Å². The van der Waals surface area contributed by atoms with Crippen molar-refractivity contribution >= 4 is 29.6 Å². The molecule has 0 unspecified atom stereocenters. The van der Waals surface area contributed by atoms with Crippen molar-refractivity contribution < 1.29 is 19.1 Å². The van der Waals surface area contributed by atoms with Gasteiger partial charge in [-0.05, 0) is 35.9 Å². The van der Waals surface area contributed by atoms with E-state index in [0.717, 1.165) is 0 Å². The van der Waals surface area contributed by atoms with Crippen LogP contribution in [-0.2, 0) is 4.79 Å².